The summed E-state index contributed by atoms with van der Waals surface area (Å²) in [7, 11) is -2.97. The van der Waals surface area contributed by atoms with Crippen LogP contribution in [0.2, 0.25) is 0 Å². The van der Waals surface area contributed by atoms with Crippen LogP contribution in [-0.2, 0) is 16.4 Å². The summed E-state index contributed by atoms with van der Waals surface area (Å²) in [4.78, 5) is 3.46. The first kappa shape index (κ1) is 14.0. The lowest BCUT2D eigenvalue weighted by Crippen LogP contribution is -2.49. The standard InChI is InChI=1S/C12H20N2O2S2/c1-9(2)14(6-10-4-3-5-17-10)12-8-18(15,16)7-11(12)13/h3-5,9,11-12H,6-8,13H2,1-2H3. The summed E-state index contributed by atoms with van der Waals surface area (Å²) in [5.74, 6) is 0.309. The van der Waals surface area contributed by atoms with Crippen LogP contribution in [-0.4, -0.2) is 42.9 Å². The van der Waals surface area contributed by atoms with E-state index in [0.29, 0.717) is 0 Å². The molecule has 2 atom stereocenters. The Kier molecular flexibility index (Phi) is 4.11. The Morgan fingerprint density at radius 1 is 1.50 bits per heavy atom. The minimum atomic E-state index is -2.97. The van der Waals surface area contributed by atoms with Crippen LogP contribution >= 0.6 is 11.3 Å². The molecular formula is C12H20N2O2S2. The lowest BCUT2D eigenvalue weighted by atomic mass is 10.1. The molecule has 0 spiro atoms. The molecular weight excluding hydrogens is 268 g/mol. The minimum Gasteiger partial charge on any atom is -0.325 e. The second-order valence-electron chi connectivity index (χ2n) is 5.15. The molecule has 1 saturated heterocycles. The largest absolute Gasteiger partial charge is 0.325 e. The van der Waals surface area contributed by atoms with Crippen LogP contribution < -0.4 is 5.73 Å². The number of hydrogen-bond acceptors (Lipinski definition) is 5. The van der Waals surface area contributed by atoms with Crippen molar-refractivity contribution in [3.8, 4) is 0 Å². The highest BCUT2D eigenvalue weighted by Gasteiger charge is 2.39. The van der Waals surface area contributed by atoms with Crippen molar-refractivity contribution in [1.82, 2.24) is 4.90 Å². The quantitative estimate of drug-likeness (QED) is 0.900. The maximum atomic E-state index is 11.7. The predicted molar refractivity (Wildman–Crippen MR) is 75.4 cm³/mol. The third-order valence-corrected chi connectivity index (χ3v) is 5.98. The predicted octanol–water partition coefficient (Wildman–Crippen LogP) is 1.08. The first-order valence-corrected chi connectivity index (χ1v) is 8.83. The molecule has 0 saturated carbocycles. The van der Waals surface area contributed by atoms with Crippen molar-refractivity contribution in [3.05, 3.63) is 22.4 Å². The van der Waals surface area contributed by atoms with Gasteiger partial charge in [0.15, 0.2) is 9.84 Å². The summed E-state index contributed by atoms with van der Waals surface area (Å²) >= 11 is 1.70. The molecule has 1 fully saturated rings. The molecule has 2 unspecified atom stereocenters. The van der Waals surface area contributed by atoms with Crippen LogP contribution in [0.5, 0.6) is 0 Å². The summed E-state index contributed by atoms with van der Waals surface area (Å²) in [6.45, 7) is 4.96. The Balaban J connectivity index is 2.16. The molecule has 6 heteroatoms. The zero-order valence-corrected chi connectivity index (χ0v) is 12.4. The van der Waals surface area contributed by atoms with Gasteiger partial charge in [0.1, 0.15) is 0 Å². The lowest BCUT2D eigenvalue weighted by Gasteiger charge is -2.33. The topological polar surface area (TPSA) is 63.4 Å². The van der Waals surface area contributed by atoms with Crippen molar-refractivity contribution in [2.75, 3.05) is 11.5 Å². The van der Waals surface area contributed by atoms with Crippen LogP contribution in [0.4, 0.5) is 0 Å². The van der Waals surface area contributed by atoms with Gasteiger partial charge in [0.2, 0.25) is 0 Å². The minimum absolute atomic E-state index is 0.0582. The van der Waals surface area contributed by atoms with Gasteiger partial charge in [0.05, 0.1) is 11.5 Å². The first-order chi connectivity index (χ1) is 8.39. The average Bonchev–Trinajstić information content (AvgIpc) is 2.82. The van der Waals surface area contributed by atoms with Gasteiger partial charge in [-0.2, -0.15) is 0 Å². The smallest absolute Gasteiger partial charge is 0.153 e. The SMILES string of the molecule is CC(C)N(Cc1cccs1)C1CS(=O)(=O)CC1N. The molecule has 1 aliphatic rings. The summed E-state index contributed by atoms with van der Waals surface area (Å²) in [5.41, 5.74) is 6.00. The highest BCUT2D eigenvalue weighted by atomic mass is 32.2. The molecule has 2 heterocycles. The van der Waals surface area contributed by atoms with E-state index in [0.717, 1.165) is 6.54 Å². The van der Waals surface area contributed by atoms with Crippen LogP contribution in [0.15, 0.2) is 17.5 Å². The second kappa shape index (κ2) is 5.28. The Bertz CT molecular complexity index is 482. The number of nitrogens with zero attached hydrogens (tertiary/aromatic N) is 1. The zero-order chi connectivity index (χ0) is 13.3. The molecule has 18 heavy (non-hydrogen) atoms. The van der Waals surface area contributed by atoms with Crippen LogP contribution in [0.1, 0.15) is 18.7 Å². The molecule has 1 aromatic rings. The Morgan fingerprint density at radius 3 is 2.67 bits per heavy atom. The van der Waals surface area contributed by atoms with Gasteiger partial charge >= 0.3 is 0 Å². The van der Waals surface area contributed by atoms with Crippen LogP contribution in [0.25, 0.3) is 0 Å². The molecule has 0 amide bonds. The fourth-order valence-electron chi connectivity index (χ4n) is 2.46. The summed E-state index contributed by atoms with van der Waals surface area (Å²) in [6, 6.07) is 4.06. The van der Waals surface area contributed by atoms with Gasteiger partial charge in [-0.1, -0.05) is 6.07 Å². The van der Waals surface area contributed by atoms with E-state index in [4.69, 9.17) is 5.73 Å². The molecule has 0 radical (unpaired) electrons. The van der Waals surface area contributed by atoms with E-state index in [1.54, 1.807) is 11.3 Å². The summed E-state index contributed by atoms with van der Waals surface area (Å²) < 4.78 is 23.4. The van der Waals surface area contributed by atoms with Crippen LogP contribution in [0.3, 0.4) is 0 Å². The van der Waals surface area contributed by atoms with E-state index in [9.17, 15) is 8.42 Å². The summed E-state index contributed by atoms with van der Waals surface area (Å²) in [6.07, 6.45) is 0. The number of rotatable bonds is 4. The third kappa shape index (κ3) is 3.12. The maximum absolute atomic E-state index is 11.7. The Morgan fingerprint density at radius 2 is 2.22 bits per heavy atom. The van der Waals surface area contributed by atoms with E-state index in [-0.39, 0.29) is 29.6 Å². The van der Waals surface area contributed by atoms with Crippen molar-refractivity contribution < 1.29 is 8.42 Å². The van der Waals surface area contributed by atoms with Crippen molar-refractivity contribution in [2.24, 2.45) is 5.73 Å². The van der Waals surface area contributed by atoms with Crippen molar-refractivity contribution in [2.45, 2.75) is 38.5 Å². The van der Waals surface area contributed by atoms with E-state index >= 15 is 0 Å². The van der Waals surface area contributed by atoms with E-state index in [2.05, 4.69) is 24.8 Å². The van der Waals surface area contributed by atoms with E-state index in [1.807, 2.05) is 11.4 Å². The van der Waals surface area contributed by atoms with E-state index in [1.165, 1.54) is 4.88 Å². The number of thiophene rings is 1. The normalized spacial score (nSPS) is 27.2. The molecule has 1 aromatic heterocycles. The van der Waals surface area contributed by atoms with Crippen molar-refractivity contribution in [1.29, 1.82) is 0 Å². The van der Waals surface area contributed by atoms with Crippen molar-refractivity contribution >= 4 is 21.2 Å². The molecule has 0 aliphatic carbocycles. The molecule has 2 rings (SSSR count). The van der Waals surface area contributed by atoms with Crippen molar-refractivity contribution in [3.63, 3.8) is 0 Å². The molecule has 0 aromatic carbocycles. The van der Waals surface area contributed by atoms with Gasteiger partial charge in [-0.25, -0.2) is 8.42 Å². The summed E-state index contributed by atoms with van der Waals surface area (Å²) in [5, 5.41) is 2.04. The van der Waals surface area contributed by atoms with Gasteiger partial charge in [-0.15, -0.1) is 11.3 Å². The highest BCUT2D eigenvalue weighted by molar-refractivity contribution is 7.91. The third-order valence-electron chi connectivity index (χ3n) is 3.37. The molecule has 102 valence electrons. The number of nitrogens with two attached hydrogens (primary N) is 1. The fourth-order valence-corrected chi connectivity index (χ4v) is 5.08. The maximum Gasteiger partial charge on any atom is 0.153 e. The molecule has 1 aliphatic heterocycles. The Labute approximate surface area is 113 Å². The monoisotopic (exact) mass is 288 g/mol. The van der Waals surface area contributed by atoms with Gasteiger partial charge in [0, 0.05) is 29.5 Å². The molecule has 4 nitrogen and oxygen atoms in total. The van der Waals surface area contributed by atoms with Crippen LogP contribution in [0, 0.1) is 0 Å². The van der Waals surface area contributed by atoms with Gasteiger partial charge < -0.3 is 5.73 Å². The zero-order valence-electron chi connectivity index (χ0n) is 10.7. The molecule has 0 bridgehead atoms. The molecule has 2 N–H and O–H groups in total. The fraction of sp³-hybridized carbons (Fsp3) is 0.667. The highest BCUT2D eigenvalue weighted by Crippen LogP contribution is 2.23. The number of sulfone groups is 1. The number of hydrogen-bond donors (Lipinski definition) is 1. The second-order valence-corrected chi connectivity index (χ2v) is 8.34. The first-order valence-electron chi connectivity index (χ1n) is 6.13. The van der Waals surface area contributed by atoms with E-state index < -0.39 is 9.84 Å². The average molecular weight is 288 g/mol. The lowest BCUT2D eigenvalue weighted by molar-refractivity contribution is 0.148. The Hall–Kier alpha value is -0.430. The van der Waals surface area contributed by atoms with Gasteiger partial charge in [-0.3, -0.25) is 4.90 Å². The van der Waals surface area contributed by atoms with Gasteiger partial charge in [0.25, 0.3) is 0 Å². The van der Waals surface area contributed by atoms with Gasteiger partial charge in [-0.05, 0) is 25.3 Å².